The highest BCUT2D eigenvalue weighted by Crippen LogP contribution is 2.59. The molecule has 2 unspecified atom stereocenters. The minimum atomic E-state index is 0.522. The molecular weight excluding hydrogens is 144 g/mol. The summed E-state index contributed by atoms with van der Waals surface area (Å²) in [6, 6.07) is 0. The number of hydrogen-bond donors (Lipinski definition) is 0. The lowest BCUT2D eigenvalue weighted by Crippen LogP contribution is -2.33. The van der Waals surface area contributed by atoms with Gasteiger partial charge >= 0.3 is 0 Å². The molecule has 72 valence electrons. The molecule has 0 aromatic rings. The van der Waals surface area contributed by atoms with Crippen LogP contribution in [0.25, 0.3) is 0 Å². The van der Waals surface area contributed by atoms with Crippen molar-refractivity contribution in [2.75, 3.05) is 0 Å². The molecule has 0 aromatic carbocycles. The Labute approximate surface area is 77.7 Å². The summed E-state index contributed by atoms with van der Waals surface area (Å²) in [7, 11) is 0. The molecule has 0 bridgehead atoms. The van der Waals surface area contributed by atoms with E-state index in [0.717, 1.165) is 11.8 Å². The molecule has 1 aliphatic carbocycles. The van der Waals surface area contributed by atoms with Crippen molar-refractivity contribution in [1.29, 1.82) is 0 Å². The van der Waals surface area contributed by atoms with E-state index in [4.69, 9.17) is 0 Å². The topological polar surface area (TPSA) is 0 Å². The second kappa shape index (κ2) is 2.75. The van der Waals surface area contributed by atoms with Gasteiger partial charge in [0.1, 0.15) is 0 Å². The Morgan fingerprint density at radius 3 is 1.75 bits per heavy atom. The van der Waals surface area contributed by atoms with Crippen LogP contribution in [0.1, 0.15) is 54.4 Å². The van der Waals surface area contributed by atoms with Crippen LogP contribution in [0, 0.1) is 22.7 Å². The molecule has 12 heavy (non-hydrogen) atoms. The zero-order chi connectivity index (χ0) is 9.57. The van der Waals surface area contributed by atoms with Crippen molar-refractivity contribution in [3.63, 3.8) is 0 Å². The maximum Gasteiger partial charge on any atom is -0.0272 e. The van der Waals surface area contributed by atoms with Crippen LogP contribution >= 0.6 is 0 Å². The van der Waals surface area contributed by atoms with Crippen LogP contribution in [-0.2, 0) is 0 Å². The van der Waals surface area contributed by atoms with Crippen LogP contribution in [0.5, 0.6) is 0 Å². The predicted molar refractivity (Wildman–Crippen MR) is 55.1 cm³/mol. The molecule has 1 rings (SSSR count). The van der Waals surface area contributed by atoms with Gasteiger partial charge in [-0.15, -0.1) is 0 Å². The SMILES string of the molecule is CCC1CC(C)C(C)(C)C1(C)C. The fraction of sp³-hybridized carbons (Fsp3) is 1.00. The molecular formula is C12H24. The van der Waals surface area contributed by atoms with Crippen LogP contribution in [0.3, 0.4) is 0 Å². The summed E-state index contributed by atoms with van der Waals surface area (Å²) in [5.41, 5.74) is 1.05. The number of rotatable bonds is 1. The first kappa shape index (κ1) is 10.1. The summed E-state index contributed by atoms with van der Waals surface area (Å²) in [4.78, 5) is 0. The molecule has 0 nitrogen and oxygen atoms in total. The Morgan fingerprint density at radius 1 is 1.08 bits per heavy atom. The zero-order valence-electron chi connectivity index (χ0n) is 9.57. The lowest BCUT2D eigenvalue weighted by molar-refractivity contribution is 0.0813. The average Bonchev–Trinajstić information content (AvgIpc) is 2.10. The first-order valence-corrected chi connectivity index (χ1v) is 5.34. The van der Waals surface area contributed by atoms with E-state index in [1.807, 2.05) is 0 Å². The molecule has 0 N–H and O–H groups in total. The summed E-state index contributed by atoms with van der Waals surface area (Å²) in [6.45, 7) is 14.5. The van der Waals surface area contributed by atoms with E-state index in [0.29, 0.717) is 10.8 Å². The molecule has 2 atom stereocenters. The third kappa shape index (κ3) is 1.11. The van der Waals surface area contributed by atoms with E-state index < -0.39 is 0 Å². The fourth-order valence-corrected chi connectivity index (χ4v) is 2.85. The van der Waals surface area contributed by atoms with Crippen molar-refractivity contribution < 1.29 is 0 Å². The second-order valence-corrected chi connectivity index (χ2v) is 5.69. The van der Waals surface area contributed by atoms with Gasteiger partial charge in [0.2, 0.25) is 0 Å². The monoisotopic (exact) mass is 168 g/mol. The first-order valence-electron chi connectivity index (χ1n) is 5.34. The van der Waals surface area contributed by atoms with Crippen LogP contribution in [-0.4, -0.2) is 0 Å². The Morgan fingerprint density at radius 2 is 1.58 bits per heavy atom. The largest absolute Gasteiger partial charge is 0.0651 e. The van der Waals surface area contributed by atoms with Crippen molar-refractivity contribution in [3.05, 3.63) is 0 Å². The summed E-state index contributed by atoms with van der Waals surface area (Å²) < 4.78 is 0. The highest BCUT2D eigenvalue weighted by Gasteiger charge is 2.51. The molecule has 1 aliphatic rings. The molecule has 1 saturated carbocycles. The van der Waals surface area contributed by atoms with Gasteiger partial charge in [0.05, 0.1) is 0 Å². The standard InChI is InChI=1S/C12H24/c1-7-10-8-9(2)11(3,4)12(10,5)6/h9-10H,7-8H2,1-6H3. The fourth-order valence-electron chi connectivity index (χ4n) is 2.85. The molecule has 0 amide bonds. The minimum Gasteiger partial charge on any atom is -0.0651 e. The van der Waals surface area contributed by atoms with Crippen LogP contribution in [0.4, 0.5) is 0 Å². The molecule has 0 heterocycles. The third-order valence-corrected chi connectivity index (χ3v) is 5.04. The maximum atomic E-state index is 2.45. The summed E-state index contributed by atoms with van der Waals surface area (Å²) in [6.07, 6.45) is 2.78. The van der Waals surface area contributed by atoms with Gasteiger partial charge in [-0.2, -0.15) is 0 Å². The van der Waals surface area contributed by atoms with Crippen molar-refractivity contribution >= 4 is 0 Å². The van der Waals surface area contributed by atoms with Gasteiger partial charge in [-0.3, -0.25) is 0 Å². The molecule has 0 radical (unpaired) electrons. The van der Waals surface area contributed by atoms with Crippen molar-refractivity contribution in [2.24, 2.45) is 22.7 Å². The second-order valence-electron chi connectivity index (χ2n) is 5.69. The third-order valence-electron chi connectivity index (χ3n) is 5.04. The highest BCUT2D eigenvalue weighted by atomic mass is 14.6. The first-order chi connectivity index (χ1) is 5.34. The lowest BCUT2D eigenvalue weighted by Gasteiger charge is -2.41. The predicted octanol–water partition coefficient (Wildman–Crippen LogP) is 4.10. The Kier molecular flexibility index (Phi) is 2.31. The molecule has 1 fully saturated rings. The summed E-state index contributed by atoms with van der Waals surface area (Å²) in [5, 5.41) is 0. The van der Waals surface area contributed by atoms with E-state index in [1.54, 1.807) is 0 Å². The smallest absolute Gasteiger partial charge is 0.0272 e. The van der Waals surface area contributed by atoms with E-state index in [-0.39, 0.29) is 0 Å². The van der Waals surface area contributed by atoms with Gasteiger partial charge < -0.3 is 0 Å². The van der Waals surface area contributed by atoms with Crippen LogP contribution in [0.15, 0.2) is 0 Å². The molecule has 0 aromatic heterocycles. The molecule has 0 spiro atoms. The van der Waals surface area contributed by atoms with Gasteiger partial charge in [-0.1, -0.05) is 48.0 Å². The molecule has 0 saturated heterocycles. The van der Waals surface area contributed by atoms with Gasteiger partial charge in [-0.05, 0) is 29.1 Å². The summed E-state index contributed by atoms with van der Waals surface area (Å²) >= 11 is 0. The van der Waals surface area contributed by atoms with Crippen molar-refractivity contribution in [1.82, 2.24) is 0 Å². The quantitative estimate of drug-likeness (QED) is 0.553. The van der Waals surface area contributed by atoms with Gasteiger partial charge in [0.15, 0.2) is 0 Å². The average molecular weight is 168 g/mol. The Hall–Kier alpha value is 0. The molecule has 0 aliphatic heterocycles. The van der Waals surface area contributed by atoms with Crippen LogP contribution < -0.4 is 0 Å². The number of hydrogen-bond acceptors (Lipinski definition) is 0. The van der Waals surface area contributed by atoms with E-state index in [9.17, 15) is 0 Å². The lowest BCUT2D eigenvalue weighted by atomic mass is 9.64. The van der Waals surface area contributed by atoms with Crippen molar-refractivity contribution in [3.8, 4) is 0 Å². The Bertz CT molecular complexity index is 165. The van der Waals surface area contributed by atoms with Gasteiger partial charge in [-0.25, -0.2) is 0 Å². The normalized spacial score (nSPS) is 38.5. The van der Waals surface area contributed by atoms with Crippen LogP contribution in [0.2, 0.25) is 0 Å². The Balaban J connectivity index is 2.92. The van der Waals surface area contributed by atoms with E-state index in [1.165, 1.54) is 12.8 Å². The van der Waals surface area contributed by atoms with Crippen molar-refractivity contribution in [2.45, 2.75) is 54.4 Å². The minimum absolute atomic E-state index is 0.522. The van der Waals surface area contributed by atoms with Gasteiger partial charge in [0, 0.05) is 0 Å². The van der Waals surface area contributed by atoms with E-state index >= 15 is 0 Å². The maximum absolute atomic E-state index is 2.45. The molecule has 0 heteroatoms. The van der Waals surface area contributed by atoms with E-state index in [2.05, 4.69) is 41.5 Å². The summed E-state index contributed by atoms with van der Waals surface area (Å²) in [5.74, 6) is 1.82. The van der Waals surface area contributed by atoms with Gasteiger partial charge in [0.25, 0.3) is 0 Å². The highest BCUT2D eigenvalue weighted by molar-refractivity contribution is 5.00. The zero-order valence-corrected chi connectivity index (χ0v) is 9.57.